The van der Waals surface area contributed by atoms with E-state index in [0.29, 0.717) is 0 Å². The first-order valence-corrected chi connectivity index (χ1v) is 4.70. The molecular formula is C8H8IN3. The van der Waals surface area contributed by atoms with Gasteiger partial charge in [-0.15, -0.1) is 0 Å². The van der Waals surface area contributed by atoms with Crippen LogP contribution in [0.5, 0.6) is 0 Å². The number of imidazole rings is 1. The summed E-state index contributed by atoms with van der Waals surface area (Å²) in [6.07, 6.45) is 1.81. The van der Waals surface area contributed by atoms with Crippen LogP contribution in [-0.4, -0.2) is 14.5 Å². The predicted molar refractivity (Wildman–Crippen MR) is 56.0 cm³/mol. The van der Waals surface area contributed by atoms with Gasteiger partial charge in [-0.2, -0.15) is 0 Å². The SMILES string of the molecule is Cc1nc(I)cc2c1ncn2C. The Bertz CT molecular complexity index is 433. The minimum atomic E-state index is 0.998. The van der Waals surface area contributed by atoms with Crippen LogP contribution in [0.2, 0.25) is 0 Å². The molecule has 0 atom stereocenters. The van der Waals surface area contributed by atoms with Crippen molar-refractivity contribution in [3.8, 4) is 0 Å². The molecule has 0 aliphatic rings. The molecule has 0 radical (unpaired) electrons. The maximum Gasteiger partial charge on any atom is 0.110 e. The van der Waals surface area contributed by atoms with Gasteiger partial charge in [-0.05, 0) is 35.6 Å². The van der Waals surface area contributed by atoms with Crippen molar-refractivity contribution in [1.82, 2.24) is 14.5 Å². The van der Waals surface area contributed by atoms with Gasteiger partial charge in [0.2, 0.25) is 0 Å². The monoisotopic (exact) mass is 273 g/mol. The second-order valence-electron chi connectivity index (χ2n) is 2.75. The normalized spacial score (nSPS) is 10.9. The van der Waals surface area contributed by atoms with Gasteiger partial charge in [-0.3, -0.25) is 0 Å². The first-order valence-electron chi connectivity index (χ1n) is 3.62. The van der Waals surface area contributed by atoms with Crippen molar-refractivity contribution in [2.75, 3.05) is 0 Å². The summed E-state index contributed by atoms with van der Waals surface area (Å²) >= 11 is 2.22. The highest BCUT2D eigenvalue weighted by molar-refractivity contribution is 14.1. The number of aryl methyl sites for hydroxylation is 2. The molecule has 2 rings (SSSR count). The Morgan fingerprint density at radius 2 is 2.25 bits per heavy atom. The molecule has 2 aromatic heterocycles. The van der Waals surface area contributed by atoms with Crippen molar-refractivity contribution < 1.29 is 0 Å². The first-order chi connectivity index (χ1) is 5.68. The average Bonchev–Trinajstić information content (AvgIpc) is 2.33. The Balaban J connectivity index is 2.92. The molecule has 0 N–H and O–H groups in total. The lowest BCUT2D eigenvalue weighted by Crippen LogP contribution is -1.90. The van der Waals surface area contributed by atoms with Crippen LogP contribution in [0.1, 0.15) is 5.69 Å². The third-order valence-electron chi connectivity index (χ3n) is 1.86. The van der Waals surface area contributed by atoms with E-state index >= 15 is 0 Å². The standard InChI is InChI=1S/C8H8IN3/c1-5-8-6(3-7(9)11-5)12(2)4-10-8/h3-4H,1-2H3. The van der Waals surface area contributed by atoms with Gasteiger partial charge in [0, 0.05) is 7.05 Å². The third-order valence-corrected chi connectivity index (χ3v) is 2.41. The number of aromatic nitrogens is 3. The maximum atomic E-state index is 4.33. The molecule has 2 heterocycles. The lowest BCUT2D eigenvalue weighted by atomic mass is 10.3. The number of pyridine rings is 1. The van der Waals surface area contributed by atoms with E-state index in [4.69, 9.17) is 0 Å². The van der Waals surface area contributed by atoms with Crippen molar-refractivity contribution in [3.63, 3.8) is 0 Å². The highest BCUT2D eigenvalue weighted by Gasteiger charge is 2.04. The molecule has 12 heavy (non-hydrogen) atoms. The molecule has 2 aromatic rings. The van der Waals surface area contributed by atoms with E-state index in [1.165, 1.54) is 0 Å². The number of hydrogen-bond donors (Lipinski definition) is 0. The summed E-state index contributed by atoms with van der Waals surface area (Å²) in [5, 5.41) is 0. The zero-order valence-corrected chi connectivity index (χ0v) is 9.03. The van der Waals surface area contributed by atoms with Crippen molar-refractivity contribution in [2.24, 2.45) is 7.05 Å². The fraction of sp³-hybridized carbons (Fsp3) is 0.250. The molecule has 0 aliphatic carbocycles. The van der Waals surface area contributed by atoms with Crippen molar-refractivity contribution in [3.05, 3.63) is 21.8 Å². The van der Waals surface area contributed by atoms with Gasteiger partial charge in [0.25, 0.3) is 0 Å². The molecule has 0 bridgehead atoms. The fourth-order valence-electron chi connectivity index (χ4n) is 1.25. The molecule has 62 valence electrons. The van der Waals surface area contributed by atoms with Crippen LogP contribution in [0.4, 0.5) is 0 Å². The van der Waals surface area contributed by atoms with Crippen LogP contribution in [-0.2, 0) is 7.05 Å². The number of fused-ring (bicyclic) bond motifs is 1. The van der Waals surface area contributed by atoms with Crippen molar-refractivity contribution in [2.45, 2.75) is 6.92 Å². The van der Waals surface area contributed by atoms with Crippen molar-refractivity contribution >= 4 is 33.6 Å². The smallest absolute Gasteiger partial charge is 0.110 e. The van der Waals surface area contributed by atoms with Gasteiger partial charge in [-0.1, -0.05) is 0 Å². The summed E-state index contributed by atoms with van der Waals surface area (Å²) in [5.74, 6) is 0. The highest BCUT2D eigenvalue weighted by atomic mass is 127. The molecule has 0 saturated heterocycles. The quantitative estimate of drug-likeness (QED) is 0.542. The first kappa shape index (κ1) is 7.97. The Morgan fingerprint density at radius 3 is 3.00 bits per heavy atom. The summed E-state index contributed by atoms with van der Waals surface area (Å²) in [6.45, 7) is 1.98. The lowest BCUT2D eigenvalue weighted by Gasteiger charge is -1.97. The van der Waals surface area contributed by atoms with Crippen LogP contribution in [0.3, 0.4) is 0 Å². The molecule has 0 fully saturated rings. The largest absolute Gasteiger partial charge is 0.334 e. The number of nitrogens with zero attached hydrogens (tertiary/aromatic N) is 3. The van der Waals surface area contributed by atoms with E-state index in [1.807, 2.05) is 30.9 Å². The Kier molecular flexibility index (Phi) is 1.79. The predicted octanol–water partition coefficient (Wildman–Crippen LogP) is 1.88. The molecule has 0 spiro atoms. The van der Waals surface area contributed by atoms with Gasteiger partial charge in [0.1, 0.15) is 9.22 Å². The van der Waals surface area contributed by atoms with Crippen LogP contribution < -0.4 is 0 Å². The highest BCUT2D eigenvalue weighted by Crippen LogP contribution is 2.16. The van der Waals surface area contributed by atoms with Gasteiger partial charge in [-0.25, -0.2) is 9.97 Å². The molecule has 0 aliphatic heterocycles. The second kappa shape index (κ2) is 2.69. The summed E-state index contributed by atoms with van der Waals surface area (Å²) in [6, 6.07) is 2.04. The van der Waals surface area contributed by atoms with Gasteiger partial charge >= 0.3 is 0 Å². The third kappa shape index (κ3) is 1.10. The van der Waals surface area contributed by atoms with Gasteiger partial charge in [0.15, 0.2) is 0 Å². The summed E-state index contributed by atoms with van der Waals surface area (Å²) < 4.78 is 3.02. The molecule has 4 heteroatoms. The van der Waals surface area contributed by atoms with Crippen molar-refractivity contribution in [1.29, 1.82) is 0 Å². The second-order valence-corrected chi connectivity index (χ2v) is 3.86. The number of halogens is 1. The van der Waals surface area contributed by atoms with E-state index in [1.54, 1.807) is 0 Å². The molecule has 0 unspecified atom stereocenters. The summed E-state index contributed by atoms with van der Waals surface area (Å²) in [7, 11) is 1.99. The van der Waals surface area contributed by atoms with Crippen LogP contribution in [0.15, 0.2) is 12.4 Å². The Morgan fingerprint density at radius 1 is 1.50 bits per heavy atom. The fourth-order valence-corrected chi connectivity index (χ4v) is 1.90. The Hall–Kier alpha value is -0.650. The zero-order valence-electron chi connectivity index (χ0n) is 6.87. The topological polar surface area (TPSA) is 30.7 Å². The van der Waals surface area contributed by atoms with E-state index in [-0.39, 0.29) is 0 Å². The van der Waals surface area contributed by atoms with Gasteiger partial charge < -0.3 is 4.57 Å². The van der Waals surface area contributed by atoms with Crippen LogP contribution in [0, 0.1) is 10.6 Å². The van der Waals surface area contributed by atoms with Gasteiger partial charge in [0.05, 0.1) is 17.5 Å². The van der Waals surface area contributed by atoms with Crippen LogP contribution in [0.25, 0.3) is 11.0 Å². The minimum absolute atomic E-state index is 0.998. The summed E-state index contributed by atoms with van der Waals surface area (Å²) in [5.41, 5.74) is 3.14. The minimum Gasteiger partial charge on any atom is -0.334 e. The molecule has 0 amide bonds. The van der Waals surface area contributed by atoms with E-state index in [2.05, 4.69) is 32.6 Å². The molecule has 0 saturated carbocycles. The van der Waals surface area contributed by atoms with Crippen LogP contribution >= 0.6 is 22.6 Å². The summed E-state index contributed by atoms with van der Waals surface area (Å²) in [4.78, 5) is 8.58. The number of hydrogen-bond acceptors (Lipinski definition) is 2. The maximum absolute atomic E-state index is 4.33. The molecular weight excluding hydrogens is 265 g/mol. The zero-order chi connectivity index (χ0) is 8.72. The van der Waals surface area contributed by atoms with E-state index in [0.717, 1.165) is 20.4 Å². The van der Waals surface area contributed by atoms with E-state index < -0.39 is 0 Å². The van der Waals surface area contributed by atoms with E-state index in [9.17, 15) is 0 Å². The average molecular weight is 273 g/mol. The lowest BCUT2D eigenvalue weighted by molar-refractivity contribution is 0.946. The molecule has 3 nitrogen and oxygen atoms in total. The number of rotatable bonds is 0. The molecule has 0 aromatic carbocycles. The Labute approximate surface area is 84.0 Å².